The number of anilines is 1. The van der Waals surface area contributed by atoms with Gasteiger partial charge in [0.25, 0.3) is 5.91 Å². The first-order valence-electron chi connectivity index (χ1n) is 6.48. The van der Waals surface area contributed by atoms with Crippen molar-refractivity contribution < 1.29 is 14.0 Å². The van der Waals surface area contributed by atoms with Gasteiger partial charge in [0.05, 0.1) is 12.0 Å². The average molecular weight is 315 g/mol. The first kappa shape index (κ1) is 14.2. The molecule has 1 saturated heterocycles. The molecule has 0 saturated carbocycles. The SMILES string of the molecule is O=C1N/C(=C/C=C/c2ccco2)C(=O)N1c1ccc(Cl)cc1. The molecule has 1 aromatic heterocycles. The fourth-order valence-electron chi connectivity index (χ4n) is 2.00. The molecule has 3 rings (SSSR count). The normalized spacial score (nSPS) is 16.8. The van der Waals surface area contributed by atoms with Crippen molar-refractivity contribution in [2.24, 2.45) is 0 Å². The van der Waals surface area contributed by atoms with Crippen molar-refractivity contribution in [2.45, 2.75) is 0 Å². The zero-order valence-electron chi connectivity index (χ0n) is 11.3. The Labute approximate surface area is 131 Å². The van der Waals surface area contributed by atoms with Gasteiger partial charge in [0.2, 0.25) is 0 Å². The molecule has 2 aromatic rings. The Balaban J connectivity index is 1.80. The van der Waals surface area contributed by atoms with Gasteiger partial charge in [-0.1, -0.05) is 17.7 Å². The number of nitrogens with zero attached hydrogens (tertiary/aromatic N) is 1. The second-order valence-electron chi connectivity index (χ2n) is 4.50. The van der Waals surface area contributed by atoms with Crippen LogP contribution in [0, 0.1) is 0 Å². The number of nitrogens with one attached hydrogen (secondary N) is 1. The fraction of sp³-hybridized carbons (Fsp3) is 0. The minimum atomic E-state index is -0.495. The van der Waals surface area contributed by atoms with Crippen molar-refractivity contribution in [3.8, 4) is 0 Å². The van der Waals surface area contributed by atoms with E-state index in [1.54, 1.807) is 54.8 Å². The van der Waals surface area contributed by atoms with Gasteiger partial charge in [-0.3, -0.25) is 4.79 Å². The Hall–Kier alpha value is -2.79. The zero-order chi connectivity index (χ0) is 15.5. The standard InChI is InChI=1S/C16H11ClN2O3/c17-11-6-8-12(9-7-11)19-15(20)14(18-16(19)21)5-1-3-13-4-2-10-22-13/h1-10H,(H,18,21)/b3-1+,14-5+. The molecule has 110 valence electrons. The lowest BCUT2D eigenvalue weighted by molar-refractivity contribution is -0.113. The highest BCUT2D eigenvalue weighted by Crippen LogP contribution is 2.23. The van der Waals surface area contributed by atoms with Crippen LogP contribution in [0.2, 0.25) is 5.02 Å². The molecular weight excluding hydrogens is 304 g/mol. The number of halogens is 1. The third-order valence-corrected chi connectivity index (χ3v) is 3.28. The van der Waals surface area contributed by atoms with Crippen LogP contribution in [-0.4, -0.2) is 11.9 Å². The number of furan rings is 1. The van der Waals surface area contributed by atoms with E-state index in [1.807, 2.05) is 0 Å². The predicted molar refractivity (Wildman–Crippen MR) is 83.3 cm³/mol. The highest BCUT2D eigenvalue weighted by Gasteiger charge is 2.34. The van der Waals surface area contributed by atoms with Crippen LogP contribution in [-0.2, 0) is 4.79 Å². The number of amides is 3. The van der Waals surface area contributed by atoms with Crippen molar-refractivity contribution in [3.63, 3.8) is 0 Å². The average Bonchev–Trinajstić information content (AvgIpc) is 3.10. The van der Waals surface area contributed by atoms with Gasteiger partial charge in [-0.2, -0.15) is 0 Å². The Morgan fingerprint density at radius 1 is 1.14 bits per heavy atom. The summed E-state index contributed by atoms with van der Waals surface area (Å²) < 4.78 is 5.14. The summed E-state index contributed by atoms with van der Waals surface area (Å²) >= 11 is 5.80. The van der Waals surface area contributed by atoms with E-state index in [0.717, 1.165) is 4.90 Å². The maximum absolute atomic E-state index is 12.3. The van der Waals surface area contributed by atoms with E-state index >= 15 is 0 Å². The lowest BCUT2D eigenvalue weighted by Gasteiger charge is -2.11. The number of rotatable bonds is 3. The Morgan fingerprint density at radius 2 is 1.91 bits per heavy atom. The minimum Gasteiger partial charge on any atom is -0.465 e. The van der Waals surface area contributed by atoms with E-state index in [9.17, 15) is 9.59 Å². The van der Waals surface area contributed by atoms with Crippen molar-refractivity contribution >= 4 is 35.3 Å². The first-order valence-corrected chi connectivity index (χ1v) is 6.86. The summed E-state index contributed by atoms with van der Waals surface area (Å²) in [5, 5.41) is 3.07. The van der Waals surface area contributed by atoms with E-state index in [2.05, 4.69) is 5.32 Å². The molecule has 6 heteroatoms. The molecule has 0 radical (unpaired) electrons. The number of hydrogen-bond donors (Lipinski definition) is 1. The summed E-state index contributed by atoms with van der Waals surface area (Å²) in [6.45, 7) is 0. The van der Waals surface area contributed by atoms with Crippen LogP contribution in [0.3, 0.4) is 0 Å². The third kappa shape index (κ3) is 2.80. The van der Waals surface area contributed by atoms with Crippen molar-refractivity contribution in [1.82, 2.24) is 5.32 Å². The van der Waals surface area contributed by atoms with Crippen LogP contribution >= 0.6 is 11.6 Å². The number of carbonyl (C=O) groups excluding carboxylic acids is 2. The molecule has 22 heavy (non-hydrogen) atoms. The van der Waals surface area contributed by atoms with Gasteiger partial charge in [-0.25, -0.2) is 9.69 Å². The molecule has 2 heterocycles. The molecule has 5 nitrogen and oxygen atoms in total. The van der Waals surface area contributed by atoms with Crippen LogP contribution < -0.4 is 10.2 Å². The smallest absolute Gasteiger partial charge is 0.333 e. The van der Waals surface area contributed by atoms with Crippen LogP contribution in [0.15, 0.2) is 64.9 Å². The van der Waals surface area contributed by atoms with Crippen molar-refractivity contribution in [1.29, 1.82) is 0 Å². The van der Waals surface area contributed by atoms with Crippen molar-refractivity contribution in [2.75, 3.05) is 4.90 Å². The summed E-state index contributed by atoms with van der Waals surface area (Å²) in [5.74, 6) is 0.236. The lowest BCUT2D eigenvalue weighted by atomic mass is 10.3. The molecule has 0 spiro atoms. The van der Waals surface area contributed by atoms with Crippen molar-refractivity contribution in [3.05, 3.63) is 71.3 Å². The van der Waals surface area contributed by atoms with E-state index < -0.39 is 11.9 Å². The summed E-state index contributed by atoms with van der Waals surface area (Å²) in [5.41, 5.74) is 0.660. The quantitative estimate of drug-likeness (QED) is 0.695. The number of urea groups is 1. The molecule has 1 aromatic carbocycles. The Kier molecular flexibility index (Phi) is 3.80. The maximum Gasteiger partial charge on any atom is 0.333 e. The molecular formula is C16H11ClN2O3. The van der Waals surface area contributed by atoms with E-state index in [4.69, 9.17) is 16.0 Å². The van der Waals surface area contributed by atoms with E-state index in [0.29, 0.717) is 16.5 Å². The van der Waals surface area contributed by atoms with Gasteiger partial charge in [0, 0.05) is 5.02 Å². The monoisotopic (exact) mass is 314 g/mol. The van der Waals surface area contributed by atoms with Gasteiger partial charge in [0.1, 0.15) is 11.5 Å². The molecule has 0 aliphatic carbocycles. The summed E-state index contributed by atoms with van der Waals surface area (Å²) in [6, 6.07) is 9.51. The zero-order valence-corrected chi connectivity index (χ0v) is 12.1. The molecule has 0 bridgehead atoms. The topological polar surface area (TPSA) is 62.6 Å². The number of benzene rings is 1. The number of hydrogen-bond acceptors (Lipinski definition) is 3. The number of imide groups is 1. The van der Waals surface area contributed by atoms with E-state index in [1.165, 1.54) is 6.08 Å². The van der Waals surface area contributed by atoms with Gasteiger partial charge >= 0.3 is 6.03 Å². The van der Waals surface area contributed by atoms with Crippen LogP contribution in [0.1, 0.15) is 5.76 Å². The number of carbonyl (C=O) groups is 2. The Bertz CT molecular complexity index is 761. The van der Waals surface area contributed by atoms with Crippen LogP contribution in [0.4, 0.5) is 10.5 Å². The highest BCUT2D eigenvalue weighted by molar-refractivity contribution is 6.31. The molecule has 1 N–H and O–H groups in total. The lowest BCUT2D eigenvalue weighted by Crippen LogP contribution is -2.30. The highest BCUT2D eigenvalue weighted by atomic mass is 35.5. The molecule has 1 aliphatic heterocycles. The summed E-state index contributed by atoms with van der Waals surface area (Å²) in [7, 11) is 0. The Morgan fingerprint density at radius 3 is 2.59 bits per heavy atom. The van der Waals surface area contributed by atoms with Gasteiger partial charge < -0.3 is 9.73 Å². The predicted octanol–water partition coefficient (Wildman–Crippen LogP) is 3.59. The maximum atomic E-state index is 12.3. The largest absolute Gasteiger partial charge is 0.465 e. The molecule has 1 fully saturated rings. The second-order valence-corrected chi connectivity index (χ2v) is 4.94. The molecule has 1 aliphatic rings. The first-order chi connectivity index (χ1) is 10.6. The van der Waals surface area contributed by atoms with E-state index in [-0.39, 0.29) is 5.70 Å². The number of allylic oxidation sites excluding steroid dienone is 2. The van der Waals surface area contributed by atoms with Gasteiger partial charge in [-0.15, -0.1) is 0 Å². The summed E-state index contributed by atoms with van der Waals surface area (Å²) in [4.78, 5) is 25.3. The van der Waals surface area contributed by atoms with Crippen LogP contribution in [0.25, 0.3) is 6.08 Å². The third-order valence-electron chi connectivity index (χ3n) is 3.03. The fourth-order valence-corrected chi connectivity index (χ4v) is 2.13. The van der Waals surface area contributed by atoms with Gasteiger partial charge in [0.15, 0.2) is 0 Å². The summed E-state index contributed by atoms with van der Waals surface area (Å²) in [6.07, 6.45) is 6.41. The second kappa shape index (κ2) is 5.91. The van der Waals surface area contributed by atoms with Gasteiger partial charge in [-0.05, 0) is 48.6 Å². The molecule has 3 amide bonds. The van der Waals surface area contributed by atoms with Crippen LogP contribution in [0.5, 0.6) is 0 Å². The minimum absolute atomic E-state index is 0.197. The molecule has 0 unspecified atom stereocenters. The molecule has 0 atom stereocenters.